The molecule has 2 aromatic carbocycles. The van der Waals surface area contributed by atoms with Gasteiger partial charge >= 0.3 is 0 Å². The molecule has 0 aliphatic rings. The molecule has 0 fully saturated rings. The molecule has 3 rings (SSSR count). The third kappa shape index (κ3) is 4.25. The van der Waals surface area contributed by atoms with E-state index >= 15 is 0 Å². The number of carbonyl (C=O) groups is 1. The minimum atomic E-state index is -0.271. The summed E-state index contributed by atoms with van der Waals surface area (Å²) in [5, 5.41) is 3.38. The highest BCUT2D eigenvalue weighted by Gasteiger charge is 2.11. The molecule has 1 amide bonds. The van der Waals surface area contributed by atoms with Crippen molar-refractivity contribution in [2.24, 2.45) is 0 Å². The molecule has 0 atom stereocenters. The summed E-state index contributed by atoms with van der Waals surface area (Å²) in [7, 11) is 0. The molecule has 140 valence electrons. The minimum Gasteiger partial charge on any atom is -0.331 e. The van der Waals surface area contributed by atoms with E-state index in [1.165, 1.54) is 5.56 Å². The maximum absolute atomic E-state index is 12.4. The van der Waals surface area contributed by atoms with Gasteiger partial charge in [0.1, 0.15) is 5.82 Å². The standard InChI is InChI=1S/C20H23N5OS/c1-4-14-7-6-8-16(11-14)22-20(27)24-23-19(26)15-9-10-18-17(12-15)21-13(3)25(18)5-2/h6-12H,4-5H2,1-3H3,(H,23,26)(H2,22,24,27). The number of aromatic nitrogens is 2. The van der Waals surface area contributed by atoms with Crippen LogP contribution in [0.1, 0.15) is 35.6 Å². The molecule has 6 nitrogen and oxygen atoms in total. The average molecular weight is 382 g/mol. The van der Waals surface area contributed by atoms with Crippen molar-refractivity contribution >= 4 is 40.0 Å². The number of anilines is 1. The lowest BCUT2D eigenvalue weighted by molar-refractivity contribution is 0.0944. The van der Waals surface area contributed by atoms with Gasteiger partial charge in [-0.05, 0) is 68.4 Å². The number of aryl methyl sites for hydroxylation is 3. The highest BCUT2D eigenvalue weighted by Crippen LogP contribution is 2.17. The van der Waals surface area contributed by atoms with Gasteiger partial charge in [-0.2, -0.15) is 0 Å². The number of rotatable bonds is 4. The van der Waals surface area contributed by atoms with E-state index in [-0.39, 0.29) is 5.91 Å². The second kappa shape index (κ2) is 8.18. The van der Waals surface area contributed by atoms with Crippen LogP contribution in [-0.2, 0) is 13.0 Å². The predicted molar refractivity (Wildman–Crippen MR) is 113 cm³/mol. The van der Waals surface area contributed by atoms with Crippen molar-refractivity contribution in [3.63, 3.8) is 0 Å². The van der Waals surface area contributed by atoms with Crippen LogP contribution in [0.25, 0.3) is 11.0 Å². The number of nitrogens with one attached hydrogen (secondary N) is 3. The molecule has 0 spiro atoms. The lowest BCUT2D eigenvalue weighted by atomic mass is 10.1. The van der Waals surface area contributed by atoms with Gasteiger partial charge in [0.2, 0.25) is 0 Å². The third-order valence-electron chi connectivity index (χ3n) is 4.40. The van der Waals surface area contributed by atoms with Crippen molar-refractivity contribution < 1.29 is 4.79 Å². The molecular formula is C20H23N5OS. The second-order valence-electron chi connectivity index (χ2n) is 6.19. The largest absolute Gasteiger partial charge is 0.331 e. The summed E-state index contributed by atoms with van der Waals surface area (Å²) in [6.07, 6.45) is 0.947. The Hall–Kier alpha value is -2.93. The summed E-state index contributed by atoms with van der Waals surface area (Å²) in [6, 6.07) is 13.5. The second-order valence-corrected chi connectivity index (χ2v) is 6.60. The molecule has 1 heterocycles. The number of hydrazine groups is 1. The number of amides is 1. The SMILES string of the molecule is CCc1cccc(NC(=S)NNC(=O)c2ccc3c(c2)nc(C)n3CC)c1. The fourth-order valence-corrected chi connectivity index (χ4v) is 3.18. The lowest BCUT2D eigenvalue weighted by Gasteiger charge is -2.12. The highest BCUT2D eigenvalue weighted by atomic mass is 32.1. The maximum atomic E-state index is 12.4. The molecule has 0 radical (unpaired) electrons. The van der Waals surface area contributed by atoms with Crippen LogP contribution in [0.15, 0.2) is 42.5 Å². The van der Waals surface area contributed by atoms with Gasteiger partial charge in [0.15, 0.2) is 5.11 Å². The summed E-state index contributed by atoms with van der Waals surface area (Å²) in [5.74, 6) is 0.662. The first-order valence-electron chi connectivity index (χ1n) is 8.95. The van der Waals surface area contributed by atoms with E-state index in [1.54, 1.807) is 12.1 Å². The van der Waals surface area contributed by atoms with Gasteiger partial charge in [0.05, 0.1) is 11.0 Å². The van der Waals surface area contributed by atoms with Crippen LogP contribution in [0.5, 0.6) is 0 Å². The topological polar surface area (TPSA) is 71.0 Å². The molecule has 3 N–H and O–H groups in total. The van der Waals surface area contributed by atoms with Crippen LogP contribution < -0.4 is 16.2 Å². The summed E-state index contributed by atoms with van der Waals surface area (Å²) in [6.45, 7) is 6.97. The number of nitrogens with zero attached hydrogens (tertiary/aromatic N) is 2. The van der Waals surface area contributed by atoms with E-state index < -0.39 is 0 Å². The van der Waals surface area contributed by atoms with Crippen LogP contribution in [-0.4, -0.2) is 20.6 Å². The first-order valence-corrected chi connectivity index (χ1v) is 9.35. The van der Waals surface area contributed by atoms with Crippen molar-refractivity contribution in [2.45, 2.75) is 33.7 Å². The van der Waals surface area contributed by atoms with Crippen LogP contribution in [0.2, 0.25) is 0 Å². The monoisotopic (exact) mass is 381 g/mol. The van der Waals surface area contributed by atoms with Crippen molar-refractivity contribution in [3.8, 4) is 0 Å². The molecule has 0 saturated heterocycles. The quantitative estimate of drug-likeness (QED) is 0.476. The van der Waals surface area contributed by atoms with Gasteiger partial charge in [0.25, 0.3) is 5.91 Å². The van der Waals surface area contributed by atoms with Gasteiger partial charge < -0.3 is 9.88 Å². The zero-order chi connectivity index (χ0) is 19.4. The predicted octanol–water partition coefficient (Wildman–Crippen LogP) is 3.56. The molecular weight excluding hydrogens is 358 g/mol. The van der Waals surface area contributed by atoms with Crippen molar-refractivity contribution in [1.29, 1.82) is 0 Å². The number of thiocarbonyl (C=S) groups is 1. The van der Waals surface area contributed by atoms with Crippen molar-refractivity contribution in [3.05, 3.63) is 59.4 Å². The molecule has 0 aliphatic heterocycles. The zero-order valence-electron chi connectivity index (χ0n) is 15.7. The summed E-state index contributed by atoms with van der Waals surface area (Å²) in [4.78, 5) is 16.9. The molecule has 7 heteroatoms. The Morgan fingerprint density at radius 1 is 1.15 bits per heavy atom. The molecule has 3 aromatic rings. The van der Waals surface area contributed by atoms with Gasteiger partial charge in [-0.3, -0.25) is 15.6 Å². The van der Waals surface area contributed by atoms with E-state index in [9.17, 15) is 4.79 Å². The summed E-state index contributed by atoms with van der Waals surface area (Å²) < 4.78 is 2.11. The van der Waals surface area contributed by atoms with E-state index in [2.05, 4.69) is 45.6 Å². The van der Waals surface area contributed by atoms with Crippen molar-refractivity contribution in [1.82, 2.24) is 20.4 Å². The van der Waals surface area contributed by atoms with Crippen LogP contribution >= 0.6 is 12.2 Å². The van der Waals surface area contributed by atoms with Gasteiger partial charge in [-0.1, -0.05) is 19.1 Å². The average Bonchev–Trinajstić information content (AvgIpc) is 3.00. The number of fused-ring (bicyclic) bond motifs is 1. The zero-order valence-corrected chi connectivity index (χ0v) is 16.5. The Labute approximate surface area is 164 Å². The van der Waals surface area contributed by atoms with Crippen LogP contribution in [0.4, 0.5) is 5.69 Å². The number of carbonyl (C=O) groups excluding carboxylic acids is 1. The maximum Gasteiger partial charge on any atom is 0.269 e. The van der Waals surface area contributed by atoms with Crippen LogP contribution in [0, 0.1) is 6.92 Å². The van der Waals surface area contributed by atoms with E-state index in [0.717, 1.165) is 35.5 Å². The van der Waals surface area contributed by atoms with Gasteiger partial charge in [0, 0.05) is 17.8 Å². The smallest absolute Gasteiger partial charge is 0.269 e. The Kier molecular flexibility index (Phi) is 5.71. The first-order chi connectivity index (χ1) is 13.0. The number of benzene rings is 2. The Balaban J connectivity index is 1.63. The summed E-state index contributed by atoms with van der Waals surface area (Å²) in [5.41, 5.74) is 9.79. The fourth-order valence-electron chi connectivity index (χ4n) is 3.01. The fraction of sp³-hybridized carbons (Fsp3) is 0.250. The van der Waals surface area contributed by atoms with Crippen molar-refractivity contribution in [2.75, 3.05) is 5.32 Å². The van der Waals surface area contributed by atoms with E-state index in [4.69, 9.17) is 12.2 Å². The highest BCUT2D eigenvalue weighted by molar-refractivity contribution is 7.80. The Morgan fingerprint density at radius 3 is 2.70 bits per heavy atom. The third-order valence-corrected chi connectivity index (χ3v) is 4.60. The number of imidazole rings is 1. The van der Waals surface area contributed by atoms with E-state index in [1.807, 2.05) is 31.2 Å². The lowest BCUT2D eigenvalue weighted by Crippen LogP contribution is -2.43. The van der Waals surface area contributed by atoms with Gasteiger partial charge in [-0.25, -0.2) is 4.98 Å². The molecule has 1 aromatic heterocycles. The van der Waals surface area contributed by atoms with E-state index in [0.29, 0.717) is 10.7 Å². The molecule has 0 aliphatic carbocycles. The number of hydrogen-bond donors (Lipinski definition) is 3. The molecule has 27 heavy (non-hydrogen) atoms. The van der Waals surface area contributed by atoms with Crippen LogP contribution in [0.3, 0.4) is 0 Å². The first kappa shape index (κ1) is 18.8. The summed E-state index contributed by atoms with van der Waals surface area (Å²) >= 11 is 5.24. The minimum absolute atomic E-state index is 0.271. The Morgan fingerprint density at radius 2 is 1.96 bits per heavy atom. The Bertz CT molecular complexity index is 995. The molecule has 0 unspecified atom stereocenters. The normalized spacial score (nSPS) is 10.6. The molecule has 0 saturated carbocycles. The van der Waals surface area contributed by atoms with Gasteiger partial charge in [-0.15, -0.1) is 0 Å². The molecule has 0 bridgehead atoms. The number of hydrogen-bond acceptors (Lipinski definition) is 3.